The molecule has 0 aromatic carbocycles. The number of carbonyl (C=O) groups is 1. The number of carboxylic acid groups (broad SMARTS) is 1. The van der Waals surface area contributed by atoms with Gasteiger partial charge in [-0.1, -0.05) is 19.3 Å². The topological polar surface area (TPSA) is 107 Å². The molecule has 6 nitrogen and oxygen atoms in total. The monoisotopic (exact) mass is 272 g/mol. The first-order valence-electron chi connectivity index (χ1n) is 7.05. The van der Waals surface area contributed by atoms with E-state index >= 15 is 0 Å². The quantitative estimate of drug-likeness (QED) is 0.363. The van der Waals surface area contributed by atoms with Crippen molar-refractivity contribution >= 4 is 13.1 Å². The van der Waals surface area contributed by atoms with E-state index in [1.54, 1.807) is 0 Å². The van der Waals surface area contributed by atoms with Gasteiger partial charge in [-0.3, -0.25) is 4.79 Å². The summed E-state index contributed by atoms with van der Waals surface area (Å²) in [6, 6.07) is 0. The summed E-state index contributed by atoms with van der Waals surface area (Å²) in [5.41, 5.74) is 4.80. The van der Waals surface area contributed by atoms with Crippen LogP contribution in [0.2, 0.25) is 6.32 Å². The second-order valence-corrected chi connectivity index (χ2v) is 5.52. The first-order valence-corrected chi connectivity index (χ1v) is 7.05. The van der Waals surface area contributed by atoms with E-state index in [1.807, 2.05) is 0 Å². The van der Waals surface area contributed by atoms with Gasteiger partial charge in [0, 0.05) is 6.54 Å². The molecule has 19 heavy (non-hydrogen) atoms. The Balaban J connectivity index is 2.41. The highest BCUT2D eigenvalue weighted by Gasteiger charge is 2.35. The average molecular weight is 272 g/mol. The van der Waals surface area contributed by atoms with Crippen molar-refractivity contribution < 1.29 is 19.9 Å². The number of rotatable bonds is 8. The molecule has 1 aliphatic rings. The van der Waals surface area contributed by atoms with E-state index in [4.69, 9.17) is 15.8 Å². The first kappa shape index (κ1) is 16.4. The van der Waals surface area contributed by atoms with E-state index in [9.17, 15) is 9.90 Å². The van der Waals surface area contributed by atoms with Crippen LogP contribution in [0.1, 0.15) is 38.5 Å². The minimum absolute atomic E-state index is 0.263. The zero-order chi connectivity index (χ0) is 14.3. The van der Waals surface area contributed by atoms with Crippen molar-refractivity contribution in [2.45, 2.75) is 50.4 Å². The number of nitrogens with two attached hydrogens (primary N) is 1. The van der Waals surface area contributed by atoms with E-state index < -0.39 is 18.6 Å². The zero-order valence-electron chi connectivity index (χ0n) is 11.4. The Bertz CT molecular complexity index is 285. The Kier molecular flexibility index (Phi) is 6.78. The highest BCUT2D eigenvalue weighted by atomic mass is 16.4. The summed E-state index contributed by atoms with van der Waals surface area (Å²) < 4.78 is 0. The molecule has 1 fully saturated rings. The molecule has 0 radical (unpaired) electrons. The summed E-state index contributed by atoms with van der Waals surface area (Å²) in [5.74, 6) is -0.970. The number of piperidine rings is 1. The van der Waals surface area contributed by atoms with Gasteiger partial charge in [-0.2, -0.15) is 0 Å². The first-order chi connectivity index (χ1) is 8.94. The van der Waals surface area contributed by atoms with Crippen LogP contribution < -0.4 is 5.73 Å². The lowest BCUT2D eigenvalue weighted by atomic mass is 9.82. The molecule has 0 aromatic rings. The van der Waals surface area contributed by atoms with Gasteiger partial charge in [0.25, 0.3) is 0 Å². The third kappa shape index (κ3) is 5.90. The fraction of sp³-hybridized carbons (Fsp3) is 0.917. The number of nitrogens with zero attached hydrogens (tertiary/aromatic N) is 1. The van der Waals surface area contributed by atoms with Gasteiger partial charge in [0.1, 0.15) is 5.54 Å². The number of likely N-dealkylation sites (tertiary alicyclic amines) is 1. The van der Waals surface area contributed by atoms with Crippen LogP contribution in [-0.4, -0.2) is 58.3 Å². The van der Waals surface area contributed by atoms with Crippen LogP contribution in [0.25, 0.3) is 0 Å². The molecule has 1 atom stereocenters. The van der Waals surface area contributed by atoms with Crippen molar-refractivity contribution in [1.29, 1.82) is 0 Å². The zero-order valence-corrected chi connectivity index (χ0v) is 11.4. The molecular formula is C12H25BN2O4. The predicted octanol–water partition coefficient (Wildman–Crippen LogP) is -0.103. The summed E-state index contributed by atoms with van der Waals surface area (Å²) in [4.78, 5) is 13.5. The SMILES string of the molecule is NC(CCCCB(O)O)(CN1CCCCC1)C(=O)O. The third-order valence-corrected chi connectivity index (χ3v) is 3.72. The largest absolute Gasteiger partial charge is 0.480 e. The van der Waals surface area contributed by atoms with Crippen LogP contribution in [0.3, 0.4) is 0 Å². The lowest BCUT2D eigenvalue weighted by Gasteiger charge is -2.34. The number of aliphatic carboxylic acids is 1. The number of hydrogen-bond donors (Lipinski definition) is 4. The van der Waals surface area contributed by atoms with Crippen molar-refractivity contribution in [3.8, 4) is 0 Å². The minimum atomic E-state index is -1.32. The molecule has 110 valence electrons. The Morgan fingerprint density at radius 1 is 1.21 bits per heavy atom. The summed E-state index contributed by atoms with van der Waals surface area (Å²) >= 11 is 0. The van der Waals surface area contributed by atoms with Gasteiger partial charge in [-0.25, -0.2) is 0 Å². The molecule has 1 unspecified atom stereocenters. The van der Waals surface area contributed by atoms with E-state index in [0.29, 0.717) is 25.8 Å². The van der Waals surface area contributed by atoms with Crippen LogP contribution in [0, 0.1) is 0 Å². The summed E-state index contributed by atoms with van der Waals surface area (Å²) in [7, 11) is -1.32. The standard InChI is InChI=1S/C12H25BN2O4/c14-12(11(16)17,6-2-3-7-13(18)19)10-15-8-4-1-5-9-15/h18-19H,1-10,14H2,(H,16,17). The number of hydrogen-bond acceptors (Lipinski definition) is 5. The normalized spacial score (nSPS) is 19.9. The Labute approximate surface area is 114 Å². The number of carboxylic acids is 1. The predicted molar refractivity (Wildman–Crippen MR) is 73.7 cm³/mol. The summed E-state index contributed by atoms with van der Waals surface area (Å²) in [6.07, 6.45) is 5.21. The molecule has 0 saturated carbocycles. The Morgan fingerprint density at radius 2 is 1.84 bits per heavy atom. The molecule has 0 aliphatic carbocycles. The van der Waals surface area contributed by atoms with Gasteiger partial charge in [-0.15, -0.1) is 0 Å². The highest BCUT2D eigenvalue weighted by molar-refractivity contribution is 6.40. The van der Waals surface area contributed by atoms with Gasteiger partial charge in [0.15, 0.2) is 0 Å². The van der Waals surface area contributed by atoms with Crippen LogP contribution in [0.4, 0.5) is 0 Å². The molecule has 7 heteroatoms. The van der Waals surface area contributed by atoms with Crippen molar-refractivity contribution in [3.05, 3.63) is 0 Å². The molecule has 0 spiro atoms. The molecule has 0 amide bonds. The smallest absolute Gasteiger partial charge is 0.451 e. The Morgan fingerprint density at radius 3 is 2.37 bits per heavy atom. The molecule has 5 N–H and O–H groups in total. The molecule has 0 bridgehead atoms. The van der Waals surface area contributed by atoms with Crippen molar-refractivity contribution in [1.82, 2.24) is 4.90 Å². The molecule has 1 rings (SSSR count). The fourth-order valence-corrected chi connectivity index (χ4v) is 2.54. The fourth-order valence-electron chi connectivity index (χ4n) is 2.54. The van der Waals surface area contributed by atoms with Gasteiger partial charge < -0.3 is 25.8 Å². The molecule has 1 saturated heterocycles. The Hall–Kier alpha value is -0.625. The lowest BCUT2D eigenvalue weighted by Crippen LogP contribution is -2.56. The van der Waals surface area contributed by atoms with Crippen LogP contribution in [0.15, 0.2) is 0 Å². The van der Waals surface area contributed by atoms with E-state index in [2.05, 4.69) is 4.90 Å². The van der Waals surface area contributed by atoms with E-state index in [0.717, 1.165) is 25.9 Å². The molecule has 1 aliphatic heterocycles. The highest BCUT2D eigenvalue weighted by Crippen LogP contribution is 2.18. The minimum Gasteiger partial charge on any atom is -0.480 e. The molecule has 0 aromatic heterocycles. The average Bonchev–Trinajstić information content (AvgIpc) is 2.35. The van der Waals surface area contributed by atoms with Gasteiger partial charge in [0.05, 0.1) is 0 Å². The third-order valence-electron chi connectivity index (χ3n) is 3.72. The molecule has 1 heterocycles. The second kappa shape index (κ2) is 7.84. The summed E-state index contributed by atoms with van der Waals surface area (Å²) in [5, 5.41) is 26.8. The maximum absolute atomic E-state index is 11.4. The van der Waals surface area contributed by atoms with Gasteiger partial charge in [-0.05, 0) is 38.7 Å². The van der Waals surface area contributed by atoms with Crippen molar-refractivity contribution in [2.75, 3.05) is 19.6 Å². The van der Waals surface area contributed by atoms with E-state index in [1.165, 1.54) is 6.42 Å². The van der Waals surface area contributed by atoms with Crippen molar-refractivity contribution in [2.24, 2.45) is 5.73 Å². The van der Waals surface area contributed by atoms with Crippen LogP contribution >= 0.6 is 0 Å². The maximum atomic E-state index is 11.4. The maximum Gasteiger partial charge on any atom is 0.451 e. The van der Waals surface area contributed by atoms with E-state index in [-0.39, 0.29) is 6.32 Å². The molecular weight excluding hydrogens is 247 g/mol. The second-order valence-electron chi connectivity index (χ2n) is 5.52. The van der Waals surface area contributed by atoms with Crippen molar-refractivity contribution in [3.63, 3.8) is 0 Å². The lowest BCUT2D eigenvalue weighted by molar-refractivity contribution is -0.144. The number of unbranched alkanes of at least 4 members (excludes halogenated alkanes) is 1. The van der Waals surface area contributed by atoms with Gasteiger partial charge in [0.2, 0.25) is 0 Å². The summed E-state index contributed by atoms with van der Waals surface area (Å²) in [6.45, 7) is 2.22. The van der Waals surface area contributed by atoms with Crippen LogP contribution in [0.5, 0.6) is 0 Å². The van der Waals surface area contributed by atoms with Crippen LogP contribution in [-0.2, 0) is 4.79 Å². The van der Waals surface area contributed by atoms with Gasteiger partial charge >= 0.3 is 13.1 Å².